The number of aliphatic imine (C=N–C) groups is 1. The van der Waals surface area contributed by atoms with Gasteiger partial charge >= 0.3 is 0 Å². The summed E-state index contributed by atoms with van der Waals surface area (Å²) in [5.41, 5.74) is 2.37. The second-order valence-electron chi connectivity index (χ2n) is 5.85. The predicted molar refractivity (Wildman–Crippen MR) is 105 cm³/mol. The first-order valence-corrected chi connectivity index (χ1v) is 8.85. The fourth-order valence-corrected chi connectivity index (χ4v) is 2.67. The van der Waals surface area contributed by atoms with Gasteiger partial charge in [-0.05, 0) is 35.7 Å². The Kier molecular flexibility index (Phi) is 6.38. The summed E-state index contributed by atoms with van der Waals surface area (Å²) in [6.07, 6.45) is 7.44. The monoisotopic (exact) mass is 386 g/mol. The van der Waals surface area contributed by atoms with Crippen LogP contribution in [0.25, 0.3) is 5.69 Å². The van der Waals surface area contributed by atoms with Gasteiger partial charge in [0.2, 0.25) is 0 Å². The number of imidazole rings is 1. The van der Waals surface area contributed by atoms with E-state index in [1.54, 1.807) is 48.7 Å². The van der Waals surface area contributed by atoms with Gasteiger partial charge in [0.1, 0.15) is 11.0 Å². The van der Waals surface area contributed by atoms with Crippen molar-refractivity contribution in [2.75, 3.05) is 13.6 Å². The Morgan fingerprint density at radius 3 is 2.74 bits per heavy atom. The summed E-state index contributed by atoms with van der Waals surface area (Å²) in [5, 5.41) is 6.88. The molecule has 140 valence electrons. The third kappa shape index (κ3) is 5.27. The van der Waals surface area contributed by atoms with Crippen molar-refractivity contribution < 1.29 is 4.39 Å². The molecule has 2 N–H and O–H groups in total. The van der Waals surface area contributed by atoms with Gasteiger partial charge in [0.05, 0.1) is 12.0 Å². The molecule has 0 fully saturated rings. The quantitative estimate of drug-likeness (QED) is 0.388. The number of nitrogens with one attached hydrogen (secondary N) is 2. The lowest BCUT2D eigenvalue weighted by Crippen LogP contribution is -2.37. The molecular formula is C19H20ClFN6. The van der Waals surface area contributed by atoms with E-state index in [1.165, 1.54) is 6.07 Å². The number of pyridine rings is 1. The normalized spacial score (nSPS) is 11.4. The standard InChI is InChI=1S/C19H20ClFN6/c1-22-19(24-7-6-14-3-5-18(20)25-11-14)26-12-15-2-4-17(16(21)10-15)27-9-8-23-13-27/h2-5,8-11,13H,6-7,12H2,1H3,(H2,22,24,26). The molecule has 2 aromatic heterocycles. The summed E-state index contributed by atoms with van der Waals surface area (Å²) in [6, 6.07) is 8.83. The van der Waals surface area contributed by atoms with E-state index >= 15 is 0 Å². The van der Waals surface area contributed by atoms with Gasteiger partial charge in [0.25, 0.3) is 0 Å². The van der Waals surface area contributed by atoms with Crippen LogP contribution < -0.4 is 10.6 Å². The molecule has 0 spiro atoms. The van der Waals surface area contributed by atoms with Crippen LogP contribution in [0, 0.1) is 5.82 Å². The summed E-state index contributed by atoms with van der Waals surface area (Å²) in [4.78, 5) is 12.2. The molecular weight excluding hydrogens is 367 g/mol. The van der Waals surface area contributed by atoms with Gasteiger partial charge in [-0.15, -0.1) is 0 Å². The number of nitrogens with zero attached hydrogens (tertiary/aromatic N) is 4. The molecule has 2 heterocycles. The number of guanidine groups is 1. The van der Waals surface area contributed by atoms with Crippen LogP contribution in [0.5, 0.6) is 0 Å². The van der Waals surface area contributed by atoms with Gasteiger partial charge in [0, 0.05) is 38.7 Å². The van der Waals surface area contributed by atoms with Crippen LogP contribution >= 0.6 is 11.6 Å². The molecule has 0 saturated heterocycles. The average molecular weight is 387 g/mol. The number of rotatable bonds is 6. The number of aromatic nitrogens is 3. The highest BCUT2D eigenvalue weighted by Crippen LogP contribution is 2.14. The van der Waals surface area contributed by atoms with Crippen LogP contribution in [-0.4, -0.2) is 34.1 Å². The van der Waals surface area contributed by atoms with Crippen molar-refractivity contribution in [1.82, 2.24) is 25.2 Å². The Morgan fingerprint density at radius 2 is 2.07 bits per heavy atom. The number of benzene rings is 1. The number of halogens is 2. The maximum Gasteiger partial charge on any atom is 0.191 e. The van der Waals surface area contributed by atoms with Gasteiger partial charge in [0.15, 0.2) is 5.96 Å². The molecule has 27 heavy (non-hydrogen) atoms. The zero-order valence-corrected chi connectivity index (χ0v) is 15.6. The van der Waals surface area contributed by atoms with Gasteiger partial charge in [-0.3, -0.25) is 4.99 Å². The summed E-state index contributed by atoms with van der Waals surface area (Å²) < 4.78 is 15.9. The predicted octanol–water partition coefficient (Wildman–Crippen LogP) is 2.97. The molecule has 3 rings (SSSR count). The number of hydrogen-bond acceptors (Lipinski definition) is 3. The van der Waals surface area contributed by atoms with Crippen molar-refractivity contribution in [1.29, 1.82) is 0 Å². The van der Waals surface area contributed by atoms with Crippen molar-refractivity contribution in [3.63, 3.8) is 0 Å². The molecule has 0 saturated carbocycles. The van der Waals surface area contributed by atoms with Crippen LogP contribution in [0.4, 0.5) is 4.39 Å². The zero-order chi connectivity index (χ0) is 19.1. The Morgan fingerprint density at radius 1 is 1.22 bits per heavy atom. The van der Waals surface area contributed by atoms with E-state index in [1.807, 2.05) is 12.1 Å². The summed E-state index contributed by atoms with van der Waals surface area (Å²) in [5.74, 6) is 0.349. The molecule has 8 heteroatoms. The van der Waals surface area contributed by atoms with Gasteiger partial charge < -0.3 is 15.2 Å². The summed E-state index contributed by atoms with van der Waals surface area (Å²) in [7, 11) is 1.70. The van der Waals surface area contributed by atoms with Crippen LogP contribution in [0.2, 0.25) is 5.15 Å². The molecule has 0 aliphatic carbocycles. The molecule has 0 aliphatic rings. The van der Waals surface area contributed by atoms with E-state index in [0.717, 1.165) is 17.5 Å². The molecule has 0 bridgehead atoms. The fourth-order valence-electron chi connectivity index (χ4n) is 2.56. The minimum absolute atomic E-state index is 0.300. The van der Waals surface area contributed by atoms with Gasteiger partial charge in [-0.25, -0.2) is 14.4 Å². The molecule has 0 unspecified atom stereocenters. The van der Waals surface area contributed by atoms with Crippen molar-refractivity contribution >= 4 is 17.6 Å². The van der Waals surface area contributed by atoms with Crippen LogP contribution in [0.15, 0.2) is 60.2 Å². The topological polar surface area (TPSA) is 67.1 Å². The van der Waals surface area contributed by atoms with Crippen LogP contribution in [0.3, 0.4) is 0 Å². The second-order valence-corrected chi connectivity index (χ2v) is 6.23. The van der Waals surface area contributed by atoms with E-state index < -0.39 is 0 Å². The summed E-state index contributed by atoms with van der Waals surface area (Å²) >= 11 is 5.78. The molecule has 3 aromatic rings. The lowest BCUT2D eigenvalue weighted by Gasteiger charge is -2.13. The SMILES string of the molecule is CN=C(NCCc1ccc(Cl)nc1)NCc1ccc(-n2ccnc2)c(F)c1. The van der Waals surface area contributed by atoms with Crippen molar-refractivity contribution in [2.45, 2.75) is 13.0 Å². The van der Waals surface area contributed by atoms with Gasteiger partial charge in [-0.2, -0.15) is 0 Å². The lowest BCUT2D eigenvalue weighted by atomic mass is 10.2. The lowest BCUT2D eigenvalue weighted by molar-refractivity contribution is 0.615. The van der Waals surface area contributed by atoms with Crippen molar-refractivity contribution in [3.05, 3.63) is 77.3 Å². The number of hydrogen-bond donors (Lipinski definition) is 2. The van der Waals surface area contributed by atoms with Crippen LogP contribution in [-0.2, 0) is 13.0 Å². The molecule has 6 nitrogen and oxygen atoms in total. The third-order valence-electron chi connectivity index (χ3n) is 3.97. The Bertz CT molecular complexity index is 893. The largest absolute Gasteiger partial charge is 0.356 e. The first-order chi connectivity index (χ1) is 13.2. The van der Waals surface area contributed by atoms with E-state index in [2.05, 4.69) is 25.6 Å². The molecule has 0 radical (unpaired) electrons. The first-order valence-electron chi connectivity index (χ1n) is 8.47. The Labute approximate surface area is 162 Å². The zero-order valence-electron chi connectivity index (χ0n) is 14.9. The van der Waals surface area contributed by atoms with Gasteiger partial charge in [-0.1, -0.05) is 23.7 Å². The molecule has 0 atom stereocenters. The van der Waals surface area contributed by atoms with Crippen molar-refractivity contribution in [3.8, 4) is 5.69 Å². The molecule has 0 amide bonds. The molecule has 0 aliphatic heterocycles. The Balaban J connectivity index is 1.50. The maximum absolute atomic E-state index is 14.3. The highest BCUT2D eigenvalue weighted by molar-refractivity contribution is 6.29. The summed E-state index contributed by atoms with van der Waals surface area (Å²) in [6.45, 7) is 1.15. The molecule has 1 aromatic carbocycles. The first kappa shape index (κ1) is 18.8. The minimum atomic E-state index is -0.300. The Hall–Kier alpha value is -2.93. The highest BCUT2D eigenvalue weighted by atomic mass is 35.5. The maximum atomic E-state index is 14.3. The minimum Gasteiger partial charge on any atom is -0.356 e. The third-order valence-corrected chi connectivity index (χ3v) is 4.20. The second kappa shape index (κ2) is 9.14. The van der Waals surface area contributed by atoms with Crippen LogP contribution in [0.1, 0.15) is 11.1 Å². The van der Waals surface area contributed by atoms with E-state index in [4.69, 9.17) is 11.6 Å². The average Bonchev–Trinajstić information content (AvgIpc) is 3.20. The van der Waals surface area contributed by atoms with E-state index in [9.17, 15) is 4.39 Å². The smallest absolute Gasteiger partial charge is 0.191 e. The van der Waals surface area contributed by atoms with Crippen molar-refractivity contribution in [2.24, 2.45) is 4.99 Å². The highest BCUT2D eigenvalue weighted by Gasteiger charge is 2.06. The van der Waals surface area contributed by atoms with E-state index in [-0.39, 0.29) is 5.82 Å². The van der Waals surface area contributed by atoms with E-state index in [0.29, 0.717) is 29.9 Å². The fraction of sp³-hybridized carbons (Fsp3) is 0.211.